The van der Waals surface area contributed by atoms with Gasteiger partial charge < -0.3 is 5.11 Å². The largest absolute Gasteiger partial charge is 0.480 e. The number of alkyl halides is 2. The van der Waals surface area contributed by atoms with Crippen LogP contribution in [0.5, 0.6) is 0 Å². The maximum atomic E-state index is 12.8. The number of hydrogen-bond acceptors (Lipinski definition) is 2. The second kappa shape index (κ2) is 4.24. The van der Waals surface area contributed by atoms with E-state index >= 15 is 0 Å². The summed E-state index contributed by atoms with van der Waals surface area (Å²) < 4.78 is 12.8. The van der Waals surface area contributed by atoms with E-state index in [1.165, 1.54) is 0 Å². The van der Waals surface area contributed by atoms with Crippen LogP contribution in [0.2, 0.25) is 0 Å². The van der Waals surface area contributed by atoms with E-state index in [0.29, 0.717) is 18.7 Å². The third-order valence-electron chi connectivity index (χ3n) is 2.38. The lowest BCUT2D eigenvalue weighted by Crippen LogP contribution is -2.47. The highest BCUT2D eigenvalue weighted by Crippen LogP contribution is 2.27. The van der Waals surface area contributed by atoms with Crippen LogP contribution in [0.1, 0.15) is 19.3 Å². The Hall–Kier alpha value is -0.350. The summed E-state index contributed by atoms with van der Waals surface area (Å²) in [4.78, 5) is 10.9. The number of carboxylic acid groups (broad SMARTS) is 1. The van der Waals surface area contributed by atoms with E-state index in [0.717, 1.165) is 0 Å². The van der Waals surface area contributed by atoms with Crippen LogP contribution < -0.4 is 5.32 Å². The van der Waals surface area contributed by atoms with Crippen LogP contribution in [0.25, 0.3) is 0 Å². The van der Waals surface area contributed by atoms with Gasteiger partial charge in [-0.2, -0.15) is 0 Å². The Bertz CT molecular complexity index is 203. The summed E-state index contributed by atoms with van der Waals surface area (Å²) in [6.07, 6.45) is -0.00888. The van der Waals surface area contributed by atoms with Gasteiger partial charge >= 0.3 is 5.97 Å². The van der Waals surface area contributed by atoms with Gasteiger partial charge in [0.05, 0.1) is 0 Å². The smallest absolute Gasteiger partial charge is 0.324 e. The fraction of sp³-hybridized carbons (Fsp3) is 0.875. The fourth-order valence-electron chi connectivity index (χ4n) is 1.66. The van der Waals surface area contributed by atoms with Crippen molar-refractivity contribution in [1.82, 2.24) is 5.32 Å². The molecule has 2 N–H and O–H groups in total. The minimum absolute atomic E-state index is 0.0548. The van der Waals surface area contributed by atoms with Gasteiger partial charge in [-0.05, 0) is 12.8 Å². The minimum atomic E-state index is -1.08. The molecule has 2 atom stereocenters. The van der Waals surface area contributed by atoms with E-state index < -0.39 is 17.7 Å². The molecule has 1 unspecified atom stereocenters. The summed E-state index contributed by atoms with van der Waals surface area (Å²) in [6, 6.07) is 0. The van der Waals surface area contributed by atoms with E-state index in [1.54, 1.807) is 0 Å². The molecule has 0 aromatic carbocycles. The molecule has 0 amide bonds. The number of carbonyl (C=O) groups is 1. The Kier molecular flexibility index (Phi) is 3.50. The summed E-state index contributed by atoms with van der Waals surface area (Å²) in [5.74, 6) is -0.564. The molecule has 0 aromatic heterocycles. The van der Waals surface area contributed by atoms with Gasteiger partial charge in [0.15, 0.2) is 0 Å². The molecule has 1 fully saturated rings. The lowest BCUT2D eigenvalue weighted by Gasteiger charge is -2.23. The van der Waals surface area contributed by atoms with Crippen LogP contribution in [-0.4, -0.2) is 35.2 Å². The zero-order valence-corrected chi connectivity index (χ0v) is 7.98. The molecule has 0 saturated carbocycles. The van der Waals surface area contributed by atoms with E-state index in [4.69, 9.17) is 16.7 Å². The van der Waals surface area contributed by atoms with Crippen molar-refractivity contribution in [1.29, 1.82) is 0 Å². The average Bonchev–Trinajstić information content (AvgIpc) is 2.45. The lowest BCUT2D eigenvalue weighted by molar-refractivity contribution is -0.144. The monoisotopic (exact) mass is 209 g/mol. The van der Waals surface area contributed by atoms with Gasteiger partial charge in [-0.3, -0.25) is 10.1 Å². The predicted molar refractivity (Wildman–Crippen MR) is 47.8 cm³/mol. The summed E-state index contributed by atoms with van der Waals surface area (Å²) in [6.45, 7) is 0.134. The van der Waals surface area contributed by atoms with Gasteiger partial charge in [-0.15, -0.1) is 11.6 Å². The van der Waals surface area contributed by atoms with Crippen LogP contribution >= 0.6 is 11.6 Å². The Morgan fingerprint density at radius 1 is 1.77 bits per heavy atom. The third-order valence-corrected chi connectivity index (χ3v) is 2.65. The maximum Gasteiger partial charge on any atom is 0.324 e. The molecule has 1 saturated heterocycles. The molecule has 1 rings (SSSR count). The van der Waals surface area contributed by atoms with Crippen LogP contribution in [0.4, 0.5) is 4.39 Å². The van der Waals surface area contributed by atoms with Crippen LogP contribution in [-0.2, 0) is 4.79 Å². The van der Waals surface area contributed by atoms with Crippen LogP contribution in [0, 0.1) is 0 Å². The maximum absolute atomic E-state index is 12.8. The van der Waals surface area contributed by atoms with Gasteiger partial charge in [0.1, 0.15) is 11.7 Å². The molecule has 1 heterocycles. The molecule has 76 valence electrons. The first-order valence-electron chi connectivity index (χ1n) is 4.29. The zero-order valence-electron chi connectivity index (χ0n) is 7.22. The molecule has 0 bridgehead atoms. The predicted octanol–water partition coefficient (Wildman–Crippen LogP) is 1.16. The first-order valence-corrected chi connectivity index (χ1v) is 4.82. The highest BCUT2D eigenvalue weighted by atomic mass is 35.5. The molecule has 0 spiro atoms. The quantitative estimate of drug-likeness (QED) is 0.684. The van der Waals surface area contributed by atoms with Gasteiger partial charge in [0.2, 0.25) is 0 Å². The van der Waals surface area contributed by atoms with Crippen LogP contribution in [0.15, 0.2) is 0 Å². The second-order valence-electron chi connectivity index (χ2n) is 3.36. The molecule has 0 aliphatic carbocycles. The minimum Gasteiger partial charge on any atom is -0.480 e. The normalized spacial score (nSPS) is 33.5. The SMILES string of the molecule is O=C(O)C1(CCCCl)C[C@@H](F)CN1. The van der Waals surface area contributed by atoms with Gasteiger partial charge in [-0.1, -0.05) is 0 Å². The Labute approximate surface area is 81.3 Å². The lowest BCUT2D eigenvalue weighted by atomic mass is 9.92. The summed E-state index contributed by atoms with van der Waals surface area (Å²) in [5.41, 5.74) is -1.08. The molecular weight excluding hydrogens is 197 g/mol. The van der Waals surface area contributed by atoms with Crippen molar-refractivity contribution >= 4 is 17.6 Å². The first kappa shape index (κ1) is 10.7. The summed E-state index contributed by atoms with van der Waals surface area (Å²) >= 11 is 5.47. The Morgan fingerprint density at radius 2 is 2.46 bits per heavy atom. The molecular formula is C8H13ClFNO2. The van der Waals surface area contributed by atoms with Crippen molar-refractivity contribution in [2.24, 2.45) is 0 Å². The second-order valence-corrected chi connectivity index (χ2v) is 3.74. The number of aliphatic carboxylic acids is 1. The van der Waals surface area contributed by atoms with Crippen LogP contribution in [0.3, 0.4) is 0 Å². The Morgan fingerprint density at radius 3 is 2.85 bits per heavy atom. The Balaban J connectivity index is 2.60. The number of carboxylic acids is 1. The summed E-state index contributed by atoms with van der Waals surface area (Å²) in [7, 11) is 0. The highest BCUT2D eigenvalue weighted by Gasteiger charge is 2.44. The summed E-state index contributed by atoms with van der Waals surface area (Å²) in [5, 5.41) is 11.7. The van der Waals surface area contributed by atoms with Crippen molar-refractivity contribution in [2.45, 2.75) is 31.0 Å². The molecule has 5 heteroatoms. The molecule has 0 aromatic rings. The zero-order chi connectivity index (χ0) is 9.90. The van der Waals surface area contributed by atoms with E-state index in [9.17, 15) is 9.18 Å². The highest BCUT2D eigenvalue weighted by molar-refractivity contribution is 6.17. The number of nitrogens with one attached hydrogen (secondary N) is 1. The van der Waals surface area contributed by atoms with Gasteiger partial charge in [-0.25, -0.2) is 4.39 Å². The number of rotatable bonds is 4. The number of halogens is 2. The van der Waals surface area contributed by atoms with E-state index in [-0.39, 0.29) is 13.0 Å². The van der Waals surface area contributed by atoms with E-state index in [1.807, 2.05) is 0 Å². The number of hydrogen-bond donors (Lipinski definition) is 2. The molecule has 0 radical (unpaired) electrons. The van der Waals surface area contributed by atoms with Crippen molar-refractivity contribution < 1.29 is 14.3 Å². The van der Waals surface area contributed by atoms with Crippen molar-refractivity contribution in [3.63, 3.8) is 0 Å². The van der Waals surface area contributed by atoms with Crippen molar-refractivity contribution in [3.8, 4) is 0 Å². The fourth-order valence-corrected chi connectivity index (χ4v) is 1.79. The van der Waals surface area contributed by atoms with Crippen molar-refractivity contribution in [3.05, 3.63) is 0 Å². The van der Waals surface area contributed by atoms with Gasteiger partial charge in [0, 0.05) is 18.8 Å². The average molecular weight is 210 g/mol. The topological polar surface area (TPSA) is 49.3 Å². The van der Waals surface area contributed by atoms with E-state index in [2.05, 4.69) is 5.32 Å². The first-order chi connectivity index (χ1) is 6.10. The molecule has 1 aliphatic heterocycles. The van der Waals surface area contributed by atoms with Gasteiger partial charge in [0.25, 0.3) is 0 Å². The molecule has 3 nitrogen and oxygen atoms in total. The standard InChI is InChI=1S/C8H13ClFNO2/c9-3-1-2-8(7(12)13)4-6(10)5-11-8/h6,11H,1-5H2,(H,12,13)/t6-,8?/m1/s1. The third kappa shape index (κ3) is 2.31. The van der Waals surface area contributed by atoms with Crippen molar-refractivity contribution in [2.75, 3.05) is 12.4 Å². The molecule has 1 aliphatic rings. The molecule has 13 heavy (non-hydrogen) atoms.